The molecule has 16 heteroatoms. The molecule has 2 aromatic heterocycles. The average Bonchev–Trinajstić information content (AvgIpc) is 3.37. The second-order valence-electron chi connectivity index (χ2n) is 8.76. The normalized spacial score (nSPS) is 25.8. The van der Waals surface area contributed by atoms with Crippen LogP contribution in [0.15, 0.2) is 43.0 Å². The van der Waals surface area contributed by atoms with Crippen molar-refractivity contribution in [3.63, 3.8) is 0 Å². The fourth-order valence-corrected chi connectivity index (χ4v) is 6.37. The maximum atomic E-state index is 15.6. The van der Waals surface area contributed by atoms with Gasteiger partial charge in [-0.1, -0.05) is 29.8 Å². The van der Waals surface area contributed by atoms with Crippen LogP contribution in [0.5, 0.6) is 5.75 Å². The summed E-state index contributed by atoms with van der Waals surface area (Å²) in [6, 6.07) is 7.67. The van der Waals surface area contributed by atoms with Gasteiger partial charge in [0, 0.05) is 0 Å². The van der Waals surface area contributed by atoms with Gasteiger partial charge in [0.05, 0.1) is 19.0 Å². The molecule has 206 valence electrons. The number of benzene rings is 1. The van der Waals surface area contributed by atoms with Gasteiger partial charge in [-0.05, 0) is 44.7 Å². The Bertz CT molecular complexity index is 1330. The number of carbonyl (C=O) groups excluding carboxylic acids is 1. The number of ether oxygens (including phenoxy) is 2. The Hall–Kier alpha value is -2.45. The van der Waals surface area contributed by atoms with Gasteiger partial charge in [-0.25, -0.2) is 24.4 Å². The fourth-order valence-electron chi connectivity index (χ4n) is 3.65. The van der Waals surface area contributed by atoms with Crippen LogP contribution in [0.1, 0.15) is 27.0 Å². The molecule has 0 spiro atoms. The summed E-state index contributed by atoms with van der Waals surface area (Å²) in [6.07, 6.45) is -2.58. The molecular weight excluding hydrogens is 562 g/mol. The molecule has 4 N–H and O–H groups in total. The zero-order valence-corrected chi connectivity index (χ0v) is 23.1. The minimum atomic E-state index is -3.47. The quantitative estimate of drug-likeness (QED) is 0.181. The number of hydrogen-bond acceptors (Lipinski definition) is 11. The number of aliphatic hydroxyl groups excluding tert-OH is 1. The molecule has 1 saturated heterocycles. The van der Waals surface area contributed by atoms with E-state index in [9.17, 15) is 9.90 Å². The number of nitrogen functional groups attached to an aromatic ring is 1. The van der Waals surface area contributed by atoms with E-state index in [0.717, 1.165) is 0 Å². The predicted octanol–water partition coefficient (Wildman–Crippen LogP) is 2.82. The number of aliphatic hydroxyl groups is 1. The number of hydrogen-bond donors (Lipinski definition) is 3. The van der Waals surface area contributed by atoms with Crippen molar-refractivity contribution in [3.05, 3.63) is 43.0 Å². The molecule has 4 rings (SSSR count). The molecule has 0 saturated carbocycles. The van der Waals surface area contributed by atoms with E-state index in [2.05, 4.69) is 20.0 Å². The van der Waals surface area contributed by atoms with Gasteiger partial charge >= 0.3 is 12.6 Å². The van der Waals surface area contributed by atoms with Crippen molar-refractivity contribution in [1.29, 1.82) is 0 Å². The van der Waals surface area contributed by atoms with E-state index in [1.165, 1.54) is 17.2 Å². The van der Waals surface area contributed by atoms with Crippen molar-refractivity contribution < 1.29 is 32.8 Å². The number of anilines is 1. The van der Waals surface area contributed by atoms with Crippen LogP contribution >= 0.6 is 18.2 Å². The zero-order valence-electron chi connectivity index (χ0n) is 20.6. The summed E-state index contributed by atoms with van der Waals surface area (Å²) >= 11 is 11.8. The van der Waals surface area contributed by atoms with E-state index in [1.807, 2.05) is 0 Å². The van der Waals surface area contributed by atoms with Crippen LogP contribution < -0.4 is 15.3 Å². The third-order valence-electron chi connectivity index (χ3n) is 5.45. The Balaban J connectivity index is 1.54. The number of imidazole rings is 1. The van der Waals surface area contributed by atoms with Crippen LogP contribution in [0.3, 0.4) is 0 Å². The summed E-state index contributed by atoms with van der Waals surface area (Å²) in [5, 5.41) is 10.8. The maximum Gasteiger partial charge on any atom is 0.323 e. The van der Waals surface area contributed by atoms with Gasteiger partial charge in [0.15, 0.2) is 17.7 Å². The number of nitrogens with one attached hydrogen (secondary N) is 1. The average molecular weight is 589 g/mol. The first-order chi connectivity index (χ1) is 17.9. The molecule has 6 atom stereocenters. The lowest BCUT2D eigenvalue weighted by molar-refractivity contribution is -0.149. The van der Waals surface area contributed by atoms with Crippen molar-refractivity contribution >= 4 is 53.0 Å². The minimum absolute atomic E-state index is 0.0844. The summed E-state index contributed by atoms with van der Waals surface area (Å²) in [5.41, 5.74) is 6.19. The van der Waals surface area contributed by atoms with Gasteiger partial charge in [0.1, 0.15) is 35.8 Å². The van der Waals surface area contributed by atoms with E-state index in [4.69, 9.17) is 47.7 Å². The molecule has 0 aliphatic carbocycles. The van der Waals surface area contributed by atoms with Crippen molar-refractivity contribution in [1.82, 2.24) is 24.6 Å². The Morgan fingerprint density at radius 2 is 2.05 bits per heavy atom. The molecule has 3 heterocycles. The Labute approximate surface area is 227 Å². The van der Waals surface area contributed by atoms with Crippen LogP contribution in [-0.2, 0) is 30.6 Å². The molecule has 0 bridgehead atoms. The van der Waals surface area contributed by atoms with Gasteiger partial charge in [-0.2, -0.15) is 0 Å². The smallest absolute Gasteiger partial charge is 0.323 e. The predicted molar refractivity (Wildman–Crippen MR) is 140 cm³/mol. The molecule has 1 aromatic carbocycles. The lowest BCUT2D eigenvalue weighted by Crippen LogP contribution is -2.40. The molecule has 0 unspecified atom stereocenters. The summed E-state index contributed by atoms with van der Waals surface area (Å²) in [7, 11) is 0. The zero-order chi connectivity index (χ0) is 27.7. The van der Waals surface area contributed by atoms with E-state index in [1.54, 1.807) is 51.1 Å². The number of fused-ring (bicyclic) bond motifs is 1. The van der Waals surface area contributed by atoms with E-state index >= 15 is 4.39 Å². The van der Waals surface area contributed by atoms with E-state index in [0.29, 0.717) is 5.75 Å². The van der Waals surface area contributed by atoms with E-state index < -0.39 is 48.8 Å². The minimum Gasteiger partial charge on any atom is -0.462 e. The lowest BCUT2D eigenvalue weighted by atomic mass is 10.1. The number of alkyl halides is 2. The maximum absolute atomic E-state index is 15.6. The number of para-hydroxylation sites is 1. The summed E-state index contributed by atoms with van der Waals surface area (Å²) in [4.78, 5) is 24.4. The Morgan fingerprint density at radius 3 is 2.74 bits per heavy atom. The van der Waals surface area contributed by atoms with Gasteiger partial charge in [-0.15, -0.1) is 0 Å². The first kappa shape index (κ1) is 28.6. The monoisotopic (exact) mass is 588 g/mol. The number of esters is 1. The molecule has 0 radical (unpaired) electrons. The Kier molecular flexibility index (Phi) is 8.52. The molecule has 1 aliphatic heterocycles. The summed E-state index contributed by atoms with van der Waals surface area (Å²) in [6.45, 7) is 1.07. The molecule has 12 nitrogen and oxygen atoms in total. The third kappa shape index (κ3) is 6.07. The first-order valence-corrected chi connectivity index (χ1v) is 14.5. The number of aromatic nitrogens is 4. The van der Waals surface area contributed by atoms with Crippen LogP contribution in [0.4, 0.5) is 10.2 Å². The number of nitrogens with zero attached hydrogens (tertiary/aromatic N) is 4. The van der Waals surface area contributed by atoms with Gasteiger partial charge in [-0.3, -0.25) is 9.36 Å². The number of rotatable bonds is 10. The second kappa shape index (κ2) is 11.3. The van der Waals surface area contributed by atoms with Crippen molar-refractivity contribution in [3.8, 4) is 5.75 Å². The number of carbonyl (C=O) groups is 1. The van der Waals surface area contributed by atoms with Crippen LogP contribution in [0.2, 0.25) is 0 Å². The SMILES string of the molecule is CC(C)OC(=O)[C@H](C)N[P@](=S)(OC[C@H]1O[C@@H](n2cnc3c(N)ncnc32)[C@@](F)(Cl)[C@@H]1O)Oc1ccccc1. The topological polar surface area (TPSA) is 156 Å². The molecule has 3 aromatic rings. The Morgan fingerprint density at radius 1 is 1.34 bits per heavy atom. The van der Waals surface area contributed by atoms with Crippen LogP contribution in [0, 0.1) is 0 Å². The number of halogens is 2. The van der Waals surface area contributed by atoms with Crippen molar-refractivity contribution in [2.75, 3.05) is 12.3 Å². The first-order valence-electron chi connectivity index (χ1n) is 11.5. The van der Waals surface area contributed by atoms with Gasteiger partial charge in [0.25, 0.3) is 5.13 Å². The molecular formula is C22H27ClFN6O6PS. The summed E-state index contributed by atoms with van der Waals surface area (Å²) in [5.74, 6) is -0.109. The fraction of sp³-hybridized carbons (Fsp3) is 0.455. The molecule has 1 aliphatic rings. The van der Waals surface area contributed by atoms with Gasteiger partial charge in [0.2, 0.25) is 0 Å². The molecule has 38 heavy (non-hydrogen) atoms. The third-order valence-corrected chi connectivity index (χ3v) is 8.36. The standard InChI is InChI=1S/C22H27ClFN6O6PS/c1-12(2)34-20(32)13(3)29-37(38,36-14-7-5-4-6-8-14)33-9-15-17(31)22(23,24)21(35-15)30-11-28-16-18(25)26-10-27-19(16)30/h4-8,10-13,15,17,21,31H,9H2,1-3H3,(H,29,38)(H2,25,26,27)/t13-,15+,17+,21+,22+,37-/m0/s1. The largest absolute Gasteiger partial charge is 0.462 e. The van der Waals surface area contributed by atoms with Gasteiger partial charge < -0.3 is 29.4 Å². The highest BCUT2D eigenvalue weighted by Gasteiger charge is 2.58. The number of nitrogens with two attached hydrogens (primary N) is 1. The highest BCUT2D eigenvalue weighted by molar-refractivity contribution is 8.09. The highest BCUT2D eigenvalue weighted by atomic mass is 35.5. The molecule has 0 amide bonds. The van der Waals surface area contributed by atoms with Crippen LogP contribution in [-0.4, -0.2) is 66.7 Å². The highest BCUT2D eigenvalue weighted by Crippen LogP contribution is 2.49. The lowest BCUT2D eigenvalue weighted by Gasteiger charge is -2.28. The molecule has 1 fully saturated rings. The summed E-state index contributed by atoms with van der Waals surface area (Å²) < 4.78 is 39.6. The van der Waals surface area contributed by atoms with Crippen LogP contribution in [0.25, 0.3) is 11.2 Å². The van der Waals surface area contributed by atoms with Crippen molar-refractivity contribution in [2.24, 2.45) is 0 Å². The van der Waals surface area contributed by atoms with Crippen molar-refractivity contribution in [2.45, 2.75) is 56.5 Å². The van der Waals surface area contributed by atoms with E-state index in [-0.39, 0.29) is 23.1 Å². The second-order valence-corrected chi connectivity index (χ2v) is 12.5.